The molecule has 2 N–H and O–H groups in total. The zero-order valence-corrected chi connectivity index (χ0v) is 21.2. The molecule has 2 heterocycles. The Balaban J connectivity index is 0.000000505. The van der Waals surface area contributed by atoms with E-state index >= 15 is 0 Å². The van der Waals surface area contributed by atoms with Gasteiger partial charge in [0.2, 0.25) is 0 Å². The standard InChI is InChI=1S/C29H30N2O.C2H2O4/c32-29-27-15-8-7-14-26(27)28(22-23-10-3-1-4-11-23)31(29)19-9-18-30-20-16-25(17-21-30)24-12-5-2-6-13-24;3-1(4)2(5)6/h1-8,10-16,28H,9,17-22H2;(H,3,4)(H,5,6). The Morgan fingerprint density at radius 2 is 1.45 bits per heavy atom. The van der Waals surface area contributed by atoms with Crippen molar-refractivity contribution >= 4 is 23.4 Å². The van der Waals surface area contributed by atoms with Gasteiger partial charge in [0.05, 0.1) is 6.04 Å². The molecule has 196 valence electrons. The molecule has 7 nitrogen and oxygen atoms in total. The molecule has 0 radical (unpaired) electrons. The van der Waals surface area contributed by atoms with Gasteiger partial charge in [0, 0.05) is 31.7 Å². The number of carboxylic acids is 2. The van der Waals surface area contributed by atoms with Crippen LogP contribution in [-0.4, -0.2) is 64.0 Å². The molecule has 3 aromatic carbocycles. The van der Waals surface area contributed by atoms with Gasteiger partial charge < -0.3 is 15.1 Å². The molecule has 2 aliphatic heterocycles. The largest absolute Gasteiger partial charge is 0.473 e. The lowest BCUT2D eigenvalue weighted by molar-refractivity contribution is -0.159. The first-order chi connectivity index (χ1) is 18.4. The van der Waals surface area contributed by atoms with Gasteiger partial charge in [0.25, 0.3) is 5.91 Å². The molecule has 0 bridgehead atoms. The monoisotopic (exact) mass is 512 g/mol. The lowest BCUT2D eigenvalue weighted by Gasteiger charge is -2.29. The Kier molecular flexibility index (Phi) is 9.06. The summed E-state index contributed by atoms with van der Waals surface area (Å²) in [6.07, 6.45) is 5.33. The maximum Gasteiger partial charge on any atom is 0.414 e. The fourth-order valence-corrected chi connectivity index (χ4v) is 5.05. The molecule has 0 aromatic heterocycles. The van der Waals surface area contributed by atoms with Crippen molar-refractivity contribution in [3.63, 3.8) is 0 Å². The molecule has 7 heteroatoms. The Bertz CT molecular complexity index is 1280. The number of carbonyl (C=O) groups excluding carboxylic acids is 1. The average Bonchev–Trinajstić information content (AvgIpc) is 3.21. The van der Waals surface area contributed by atoms with E-state index in [-0.39, 0.29) is 11.9 Å². The fraction of sp³-hybridized carbons (Fsp3) is 0.258. The van der Waals surface area contributed by atoms with Gasteiger partial charge in [-0.2, -0.15) is 0 Å². The van der Waals surface area contributed by atoms with Crippen LogP contribution >= 0.6 is 0 Å². The number of aliphatic carboxylic acids is 2. The van der Waals surface area contributed by atoms with E-state index in [1.807, 2.05) is 18.2 Å². The Morgan fingerprint density at radius 3 is 2.08 bits per heavy atom. The highest BCUT2D eigenvalue weighted by Crippen LogP contribution is 2.36. The topological polar surface area (TPSA) is 98.1 Å². The Hall–Kier alpha value is -4.23. The molecule has 3 aromatic rings. The first kappa shape index (κ1) is 26.8. The van der Waals surface area contributed by atoms with Crippen molar-refractivity contribution in [3.8, 4) is 0 Å². The number of rotatable bonds is 7. The van der Waals surface area contributed by atoms with Crippen LogP contribution in [-0.2, 0) is 16.0 Å². The summed E-state index contributed by atoms with van der Waals surface area (Å²) in [6.45, 7) is 3.90. The van der Waals surface area contributed by atoms with Gasteiger partial charge in [-0.25, -0.2) is 9.59 Å². The Morgan fingerprint density at radius 1 is 0.816 bits per heavy atom. The number of benzene rings is 3. The quantitative estimate of drug-likeness (QED) is 0.443. The minimum Gasteiger partial charge on any atom is -0.473 e. The molecule has 1 atom stereocenters. The van der Waals surface area contributed by atoms with Crippen LogP contribution in [0.3, 0.4) is 0 Å². The van der Waals surface area contributed by atoms with Crippen LogP contribution in [0.1, 0.15) is 45.9 Å². The number of hydrogen-bond acceptors (Lipinski definition) is 4. The van der Waals surface area contributed by atoms with Crippen LogP contribution < -0.4 is 0 Å². The third-order valence-corrected chi connectivity index (χ3v) is 6.95. The lowest BCUT2D eigenvalue weighted by Crippen LogP contribution is -2.34. The van der Waals surface area contributed by atoms with Crippen molar-refractivity contribution in [2.45, 2.75) is 25.3 Å². The maximum absolute atomic E-state index is 13.2. The Labute approximate surface area is 222 Å². The molecule has 5 rings (SSSR count). The van der Waals surface area contributed by atoms with Crippen molar-refractivity contribution in [3.05, 3.63) is 113 Å². The zero-order valence-electron chi connectivity index (χ0n) is 21.2. The first-order valence-corrected chi connectivity index (χ1v) is 12.8. The molecule has 1 amide bonds. The van der Waals surface area contributed by atoms with Gasteiger partial charge in [-0.1, -0.05) is 84.9 Å². The molecular formula is C31H32N2O5. The summed E-state index contributed by atoms with van der Waals surface area (Å²) in [5.41, 5.74) is 6.13. The first-order valence-electron chi connectivity index (χ1n) is 12.8. The third-order valence-electron chi connectivity index (χ3n) is 6.95. The van der Waals surface area contributed by atoms with Gasteiger partial charge in [-0.3, -0.25) is 9.69 Å². The van der Waals surface area contributed by atoms with Gasteiger partial charge in [0.1, 0.15) is 0 Å². The summed E-state index contributed by atoms with van der Waals surface area (Å²) in [7, 11) is 0. The van der Waals surface area contributed by atoms with E-state index in [1.54, 1.807) is 0 Å². The van der Waals surface area contributed by atoms with Crippen molar-refractivity contribution in [1.82, 2.24) is 9.80 Å². The number of carboxylic acid groups (broad SMARTS) is 2. The summed E-state index contributed by atoms with van der Waals surface area (Å²) >= 11 is 0. The predicted molar refractivity (Wildman–Crippen MR) is 146 cm³/mol. The lowest BCUT2D eigenvalue weighted by atomic mass is 9.98. The second-order valence-electron chi connectivity index (χ2n) is 9.40. The smallest absolute Gasteiger partial charge is 0.414 e. The number of fused-ring (bicyclic) bond motifs is 1. The van der Waals surface area contributed by atoms with Crippen LogP contribution in [0.25, 0.3) is 5.57 Å². The number of hydrogen-bond donors (Lipinski definition) is 2. The molecule has 0 aliphatic carbocycles. The zero-order chi connectivity index (χ0) is 26.9. The van der Waals surface area contributed by atoms with Crippen LogP contribution in [0.4, 0.5) is 0 Å². The summed E-state index contributed by atoms with van der Waals surface area (Å²) in [4.78, 5) is 36.0. The molecule has 38 heavy (non-hydrogen) atoms. The molecule has 0 saturated heterocycles. The summed E-state index contributed by atoms with van der Waals surface area (Å²) in [5, 5.41) is 14.8. The predicted octanol–water partition coefficient (Wildman–Crippen LogP) is 4.76. The number of amides is 1. The third kappa shape index (κ3) is 6.75. The van der Waals surface area contributed by atoms with E-state index < -0.39 is 11.9 Å². The summed E-state index contributed by atoms with van der Waals surface area (Å²) in [5.74, 6) is -3.46. The van der Waals surface area contributed by atoms with E-state index in [1.165, 1.54) is 22.3 Å². The van der Waals surface area contributed by atoms with Crippen molar-refractivity contribution in [2.24, 2.45) is 0 Å². The normalized spacial score (nSPS) is 16.7. The van der Waals surface area contributed by atoms with Crippen molar-refractivity contribution < 1.29 is 24.6 Å². The minimum absolute atomic E-state index is 0.132. The van der Waals surface area contributed by atoms with Gasteiger partial charge >= 0.3 is 11.9 Å². The second kappa shape index (κ2) is 12.8. The SMILES string of the molecule is O=C(O)C(=O)O.O=C1c2ccccc2C(Cc2ccccc2)N1CCCN1CC=C(c2ccccc2)CC1. The van der Waals surface area contributed by atoms with E-state index in [0.717, 1.165) is 51.0 Å². The van der Waals surface area contributed by atoms with Crippen LogP contribution in [0.15, 0.2) is 91.0 Å². The molecular weight excluding hydrogens is 480 g/mol. The number of nitrogens with zero attached hydrogens (tertiary/aromatic N) is 2. The van der Waals surface area contributed by atoms with E-state index in [0.29, 0.717) is 0 Å². The highest BCUT2D eigenvalue weighted by Gasteiger charge is 2.35. The van der Waals surface area contributed by atoms with Gasteiger partial charge in [-0.05, 0) is 47.6 Å². The molecule has 1 unspecified atom stereocenters. The van der Waals surface area contributed by atoms with E-state index in [2.05, 4.69) is 82.6 Å². The van der Waals surface area contributed by atoms with Crippen LogP contribution in [0, 0.1) is 0 Å². The molecule has 0 saturated carbocycles. The van der Waals surface area contributed by atoms with Crippen LogP contribution in [0.2, 0.25) is 0 Å². The minimum atomic E-state index is -1.82. The van der Waals surface area contributed by atoms with Gasteiger partial charge in [-0.15, -0.1) is 0 Å². The van der Waals surface area contributed by atoms with Crippen LogP contribution in [0.5, 0.6) is 0 Å². The highest BCUT2D eigenvalue weighted by atomic mass is 16.4. The van der Waals surface area contributed by atoms with Crippen molar-refractivity contribution in [2.75, 3.05) is 26.2 Å². The van der Waals surface area contributed by atoms with Gasteiger partial charge in [0.15, 0.2) is 0 Å². The van der Waals surface area contributed by atoms with E-state index in [9.17, 15) is 4.79 Å². The molecule has 0 spiro atoms. The van der Waals surface area contributed by atoms with Crippen molar-refractivity contribution in [1.29, 1.82) is 0 Å². The molecule has 0 fully saturated rings. The average molecular weight is 513 g/mol. The second-order valence-corrected chi connectivity index (χ2v) is 9.40. The highest BCUT2D eigenvalue weighted by molar-refractivity contribution is 6.27. The number of carbonyl (C=O) groups is 3. The maximum atomic E-state index is 13.2. The summed E-state index contributed by atoms with van der Waals surface area (Å²) in [6, 6.07) is 29.5. The summed E-state index contributed by atoms with van der Waals surface area (Å²) < 4.78 is 0. The fourth-order valence-electron chi connectivity index (χ4n) is 5.05. The molecule has 2 aliphatic rings. The van der Waals surface area contributed by atoms with E-state index in [4.69, 9.17) is 19.8 Å².